The Labute approximate surface area is 115 Å². The maximum absolute atomic E-state index is 13.1. The van der Waals surface area contributed by atoms with E-state index < -0.39 is 24.5 Å². The van der Waals surface area contributed by atoms with Crippen LogP contribution in [0.15, 0.2) is 18.2 Å². The van der Waals surface area contributed by atoms with Crippen LogP contribution in [0, 0.1) is 12.7 Å². The van der Waals surface area contributed by atoms with Crippen molar-refractivity contribution in [2.24, 2.45) is 0 Å². The van der Waals surface area contributed by atoms with Crippen molar-refractivity contribution in [1.82, 2.24) is 10.2 Å². The van der Waals surface area contributed by atoms with Gasteiger partial charge in [-0.1, -0.05) is 6.07 Å². The van der Waals surface area contributed by atoms with Gasteiger partial charge in [0.05, 0.1) is 6.42 Å². The molecule has 1 aromatic rings. The number of rotatable bonds is 3. The number of alkyl halides is 3. The number of hydrogen-bond donors (Lipinski definition) is 1. The van der Waals surface area contributed by atoms with E-state index in [0.29, 0.717) is 37.3 Å². The summed E-state index contributed by atoms with van der Waals surface area (Å²) in [6.07, 6.45) is -5.14. The van der Waals surface area contributed by atoms with Gasteiger partial charge in [0.15, 0.2) is 0 Å². The van der Waals surface area contributed by atoms with E-state index in [9.17, 15) is 17.6 Å². The van der Waals surface area contributed by atoms with Crippen LogP contribution in [0.1, 0.15) is 23.6 Å². The molecule has 0 aliphatic carbocycles. The van der Waals surface area contributed by atoms with Crippen LogP contribution in [0.3, 0.4) is 0 Å². The highest BCUT2D eigenvalue weighted by Gasteiger charge is 2.36. The number of hydrogen-bond acceptors (Lipinski definition) is 2. The molecule has 0 saturated carbocycles. The second-order valence-electron chi connectivity index (χ2n) is 5.12. The highest BCUT2D eigenvalue weighted by atomic mass is 19.4. The summed E-state index contributed by atoms with van der Waals surface area (Å²) >= 11 is 0. The monoisotopic (exact) mass is 290 g/mol. The average Bonchev–Trinajstić information content (AvgIpc) is 2.36. The van der Waals surface area contributed by atoms with Gasteiger partial charge in [0, 0.05) is 32.2 Å². The molecule has 1 aliphatic heterocycles. The van der Waals surface area contributed by atoms with Crippen LogP contribution in [-0.2, 0) is 0 Å². The molecule has 0 unspecified atom stereocenters. The second kappa shape index (κ2) is 6.10. The highest BCUT2D eigenvalue weighted by molar-refractivity contribution is 5.30. The first-order chi connectivity index (χ1) is 9.37. The van der Waals surface area contributed by atoms with Crippen molar-refractivity contribution in [3.05, 3.63) is 35.1 Å². The Morgan fingerprint density at radius 3 is 2.45 bits per heavy atom. The highest BCUT2D eigenvalue weighted by Crippen LogP contribution is 2.35. The molecule has 2 nitrogen and oxygen atoms in total. The summed E-state index contributed by atoms with van der Waals surface area (Å²) < 4.78 is 51.7. The minimum absolute atomic E-state index is 0.419. The molecule has 1 aromatic carbocycles. The first kappa shape index (κ1) is 15.3. The van der Waals surface area contributed by atoms with Crippen molar-refractivity contribution in [2.45, 2.75) is 25.6 Å². The molecule has 1 atom stereocenters. The summed E-state index contributed by atoms with van der Waals surface area (Å²) in [6, 6.07) is 3.26. The fourth-order valence-corrected chi connectivity index (χ4v) is 2.66. The molecule has 6 heteroatoms. The van der Waals surface area contributed by atoms with E-state index in [-0.39, 0.29) is 0 Å². The molecular formula is C14H18F4N2. The van der Waals surface area contributed by atoms with Crippen LogP contribution in [0.25, 0.3) is 0 Å². The summed E-state index contributed by atoms with van der Waals surface area (Å²) in [4.78, 5) is 1.82. The topological polar surface area (TPSA) is 15.3 Å². The van der Waals surface area contributed by atoms with E-state index in [4.69, 9.17) is 0 Å². The summed E-state index contributed by atoms with van der Waals surface area (Å²) in [6.45, 7) is 4.14. The first-order valence-electron chi connectivity index (χ1n) is 6.64. The Morgan fingerprint density at radius 2 is 1.90 bits per heavy atom. The van der Waals surface area contributed by atoms with Crippen LogP contribution in [0.4, 0.5) is 17.6 Å². The van der Waals surface area contributed by atoms with Crippen LogP contribution in [0.2, 0.25) is 0 Å². The fourth-order valence-electron chi connectivity index (χ4n) is 2.66. The summed E-state index contributed by atoms with van der Waals surface area (Å²) in [7, 11) is 0. The standard InChI is InChI=1S/C14H18F4N2/c1-10-8-11(15)2-3-12(10)13(9-14(16,17)18)20-6-4-19-5-7-20/h2-3,8,13,19H,4-7,9H2,1H3/t13-/m1/s1. The van der Waals surface area contributed by atoms with Crippen molar-refractivity contribution in [3.8, 4) is 0 Å². The number of benzene rings is 1. The molecule has 1 fully saturated rings. The maximum atomic E-state index is 13.1. The summed E-state index contributed by atoms with van der Waals surface area (Å²) in [5, 5.41) is 3.12. The molecule has 0 amide bonds. The Kier molecular flexibility index (Phi) is 4.65. The average molecular weight is 290 g/mol. The quantitative estimate of drug-likeness (QED) is 0.861. The first-order valence-corrected chi connectivity index (χ1v) is 6.64. The fraction of sp³-hybridized carbons (Fsp3) is 0.571. The molecule has 0 aromatic heterocycles. The van der Waals surface area contributed by atoms with Gasteiger partial charge in [0.25, 0.3) is 0 Å². The molecule has 20 heavy (non-hydrogen) atoms. The third kappa shape index (κ3) is 3.93. The number of aryl methyl sites for hydroxylation is 1. The Balaban J connectivity index is 2.29. The Hall–Kier alpha value is -1.14. The predicted octanol–water partition coefficient (Wildman–Crippen LogP) is 3.03. The zero-order valence-corrected chi connectivity index (χ0v) is 11.3. The van der Waals surface area contributed by atoms with Crippen molar-refractivity contribution < 1.29 is 17.6 Å². The van der Waals surface area contributed by atoms with Gasteiger partial charge in [-0.05, 0) is 30.2 Å². The Morgan fingerprint density at radius 1 is 1.25 bits per heavy atom. The van der Waals surface area contributed by atoms with E-state index in [2.05, 4.69) is 5.32 Å². The third-order valence-corrected chi connectivity index (χ3v) is 3.61. The minimum atomic E-state index is -4.24. The summed E-state index contributed by atoms with van der Waals surface area (Å²) in [5.74, 6) is -0.419. The van der Waals surface area contributed by atoms with E-state index >= 15 is 0 Å². The lowest BCUT2D eigenvalue weighted by Gasteiger charge is -2.36. The van der Waals surface area contributed by atoms with Gasteiger partial charge < -0.3 is 5.32 Å². The third-order valence-electron chi connectivity index (χ3n) is 3.61. The van der Waals surface area contributed by atoms with Crippen molar-refractivity contribution >= 4 is 0 Å². The smallest absolute Gasteiger partial charge is 0.314 e. The minimum Gasteiger partial charge on any atom is -0.314 e. The van der Waals surface area contributed by atoms with E-state index in [1.54, 1.807) is 6.92 Å². The van der Waals surface area contributed by atoms with Gasteiger partial charge in [-0.2, -0.15) is 13.2 Å². The molecular weight excluding hydrogens is 272 g/mol. The zero-order chi connectivity index (χ0) is 14.8. The lowest BCUT2D eigenvalue weighted by Crippen LogP contribution is -2.46. The van der Waals surface area contributed by atoms with Crippen LogP contribution in [0.5, 0.6) is 0 Å². The van der Waals surface area contributed by atoms with Gasteiger partial charge in [-0.3, -0.25) is 4.90 Å². The van der Waals surface area contributed by atoms with Gasteiger partial charge >= 0.3 is 6.18 Å². The normalized spacial score (nSPS) is 19.1. The number of nitrogens with zero attached hydrogens (tertiary/aromatic N) is 1. The van der Waals surface area contributed by atoms with Crippen LogP contribution in [-0.4, -0.2) is 37.3 Å². The lowest BCUT2D eigenvalue weighted by atomic mass is 9.96. The molecule has 1 heterocycles. The maximum Gasteiger partial charge on any atom is 0.390 e. The van der Waals surface area contributed by atoms with Gasteiger partial charge in [0.1, 0.15) is 5.82 Å². The number of halogens is 4. The molecule has 0 radical (unpaired) electrons. The van der Waals surface area contributed by atoms with Gasteiger partial charge in [-0.15, -0.1) is 0 Å². The molecule has 1 aliphatic rings. The number of nitrogens with one attached hydrogen (secondary N) is 1. The van der Waals surface area contributed by atoms with E-state index in [0.717, 1.165) is 0 Å². The van der Waals surface area contributed by atoms with Crippen molar-refractivity contribution in [1.29, 1.82) is 0 Å². The SMILES string of the molecule is Cc1cc(F)ccc1[C@@H](CC(F)(F)F)N1CCNCC1. The predicted molar refractivity (Wildman–Crippen MR) is 69.0 cm³/mol. The van der Waals surface area contributed by atoms with Crippen LogP contribution < -0.4 is 5.32 Å². The second-order valence-corrected chi connectivity index (χ2v) is 5.12. The Bertz CT molecular complexity index is 453. The van der Waals surface area contributed by atoms with E-state index in [1.807, 2.05) is 4.90 Å². The molecule has 0 bridgehead atoms. The lowest BCUT2D eigenvalue weighted by molar-refractivity contribution is -0.148. The van der Waals surface area contributed by atoms with Crippen LogP contribution >= 0.6 is 0 Å². The van der Waals surface area contributed by atoms with Crippen molar-refractivity contribution in [3.63, 3.8) is 0 Å². The molecule has 112 valence electrons. The molecule has 0 spiro atoms. The van der Waals surface area contributed by atoms with Gasteiger partial charge in [-0.25, -0.2) is 4.39 Å². The largest absolute Gasteiger partial charge is 0.390 e. The zero-order valence-electron chi connectivity index (χ0n) is 11.3. The van der Waals surface area contributed by atoms with Gasteiger partial charge in [0.2, 0.25) is 0 Å². The van der Waals surface area contributed by atoms with E-state index in [1.165, 1.54) is 18.2 Å². The molecule has 1 N–H and O–H groups in total. The number of piperazine rings is 1. The molecule has 2 rings (SSSR count). The summed E-state index contributed by atoms with van der Waals surface area (Å²) in [5.41, 5.74) is 1.13. The molecule has 1 saturated heterocycles. The van der Waals surface area contributed by atoms with Crippen molar-refractivity contribution in [2.75, 3.05) is 26.2 Å².